The standard InChI is InChI=1S/C19H26N4O2/c1-25-14-10-16(20-19(24)22-11-5-6-12-22)15-17-9-13-23(21-17)18-7-3-2-4-8-18/h2-4,7-9,13,16H,5-6,10-12,14-15H2,1H3,(H,20,24). The lowest BCUT2D eigenvalue weighted by Crippen LogP contribution is -2.45. The fraction of sp³-hybridized carbons (Fsp3) is 0.474. The average molecular weight is 342 g/mol. The first-order valence-corrected chi connectivity index (χ1v) is 8.90. The van der Waals surface area contributed by atoms with E-state index in [1.807, 2.05) is 52.2 Å². The Balaban J connectivity index is 1.63. The molecule has 134 valence electrons. The van der Waals surface area contributed by atoms with Gasteiger partial charge in [-0.15, -0.1) is 0 Å². The minimum atomic E-state index is 0.0205. The van der Waals surface area contributed by atoms with Gasteiger partial charge in [0, 0.05) is 45.5 Å². The molecule has 6 nitrogen and oxygen atoms in total. The van der Waals surface area contributed by atoms with Crippen LogP contribution in [0.5, 0.6) is 0 Å². The number of urea groups is 1. The molecule has 1 aliphatic heterocycles. The van der Waals surface area contributed by atoms with Crippen molar-refractivity contribution in [2.45, 2.75) is 31.7 Å². The van der Waals surface area contributed by atoms with Crippen LogP contribution in [0.3, 0.4) is 0 Å². The number of nitrogens with one attached hydrogen (secondary N) is 1. The molecule has 0 saturated carbocycles. The van der Waals surface area contributed by atoms with E-state index in [-0.39, 0.29) is 12.1 Å². The van der Waals surface area contributed by atoms with Gasteiger partial charge < -0.3 is 15.0 Å². The molecule has 1 aromatic heterocycles. The van der Waals surface area contributed by atoms with Gasteiger partial charge in [0.15, 0.2) is 0 Å². The average Bonchev–Trinajstić information content (AvgIpc) is 3.32. The smallest absolute Gasteiger partial charge is 0.317 e. The summed E-state index contributed by atoms with van der Waals surface area (Å²) in [7, 11) is 1.68. The van der Waals surface area contributed by atoms with Crippen LogP contribution in [0.4, 0.5) is 4.79 Å². The number of carbonyl (C=O) groups excluding carboxylic acids is 1. The van der Waals surface area contributed by atoms with Gasteiger partial charge in [-0.05, 0) is 37.5 Å². The molecule has 0 spiro atoms. The number of rotatable bonds is 7. The number of likely N-dealkylation sites (tertiary alicyclic amines) is 1. The second kappa shape index (κ2) is 8.67. The van der Waals surface area contributed by atoms with Crippen LogP contribution in [0.25, 0.3) is 5.69 Å². The van der Waals surface area contributed by atoms with Gasteiger partial charge >= 0.3 is 6.03 Å². The lowest BCUT2D eigenvalue weighted by atomic mass is 10.1. The zero-order valence-corrected chi connectivity index (χ0v) is 14.7. The van der Waals surface area contributed by atoms with Gasteiger partial charge in [0.05, 0.1) is 11.4 Å². The number of hydrogen-bond donors (Lipinski definition) is 1. The first-order chi connectivity index (χ1) is 12.3. The topological polar surface area (TPSA) is 59.4 Å². The molecule has 1 fully saturated rings. The fourth-order valence-corrected chi connectivity index (χ4v) is 3.12. The third-order valence-electron chi connectivity index (χ3n) is 4.51. The molecule has 1 saturated heterocycles. The highest BCUT2D eigenvalue weighted by molar-refractivity contribution is 5.74. The number of methoxy groups -OCH3 is 1. The van der Waals surface area contributed by atoms with E-state index in [0.717, 1.165) is 43.7 Å². The van der Waals surface area contributed by atoms with Crippen LogP contribution in [-0.2, 0) is 11.2 Å². The summed E-state index contributed by atoms with van der Waals surface area (Å²) in [4.78, 5) is 14.3. The first kappa shape index (κ1) is 17.5. The van der Waals surface area contributed by atoms with E-state index in [1.165, 1.54) is 0 Å². The summed E-state index contributed by atoms with van der Waals surface area (Å²) >= 11 is 0. The van der Waals surface area contributed by atoms with Gasteiger partial charge in [0.2, 0.25) is 0 Å². The summed E-state index contributed by atoms with van der Waals surface area (Å²) in [6, 6.07) is 12.1. The van der Waals surface area contributed by atoms with Gasteiger partial charge in [-0.1, -0.05) is 18.2 Å². The molecule has 2 aromatic rings. The van der Waals surface area contributed by atoms with Gasteiger partial charge in [-0.25, -0.2) is 9.48 Å². The highest BCUT2D eigenvalue weighted by atomic mass is 16.5. The van der Waals surface area contributed by atoms with Crippen LogP contribution in [0.2, 0.25) is 0 Å². The van der Waals surface area contributed by atoms with Gasteiger partial charge in [0.1, 0.15) is 0 Å². The van der Waals surface area contributed by atoms with E-state index in [1.54, 1.807) is 7.11 Å². The SMILES string of the molecule is COCCC(Cc1ccn(-c2ccccc2)n1)NC(=O)N1CCCC1. The van der Waals surface area contributed by atoms with Gasteiger partial charge in [0.25, 0.3) is 0 Å². The van der Waals surface area contributed by atoms with Crippen molar-refractivity contribution >= 4 is 6.03 Å². The summed E-state index contributed by atoms with van der Waals surface area (Å²) in [6.45, 7) is 2.32. The maximum atomic E-state index is 12.4. The molecule has 1 unspecified atom stereocenters. The molecular weight excluding hydrogens is 316 g/mol. The van der Waals surface area contributed by atoms with Crippen LogP contribution < -0.4 is 5.32 Å². The van der Waals surface area contributed by atoms with E-state index in [2.05, 4.69) is 10.4 Å². The number of carbonyl (C=O) groups is 1. The van der Waals surface area contributed by atoms with E-state index in [0.29, 0.717) is 13.0 Å². The second-order valence-electron chi connectivity index (χ2n) is 6.41. The molecule has 2 heterocycles. The van der Waals surface area contributed by atoms with E-state index >= 15 is 0 Å². The predicted octanol–water partition coefficient (Wildman–Crippen LogP) is 2.63. The monoisotopic (exact) mass is 342 g/mol. The largest absolute Gasteiger partial charge is 0.385 e. The Bertz CT molecular complexity index is 665. The molecule has 0 bridgehead atoms. The Hall–Kier alpha value is -2.34. The van der Waals surface area contributed by atoms with Crippen molar-refractivity contribution in [3.8, 4) is 5.69 Å². The highest BCUT2D eigenvalue weighted by Gasteiger charge is 2.21. The van der Waals surface area contributed by atoms with Crippen molar-refractivity contribution in [3.63, 3.8) is 0 Å². The van der Waals surface area contributed by atoms with Crippen LogP contribution in [0.15, 0.2) is 42.6 Å². The maximum Gasteiger partial charge on any atom is 0.317 e. The molecule has 2 amide bonds. The quantitative estimate of drug-likeness (QED) is 0.841. The Morgan fingerprint density at radius 3 is 2.72 bits per heavy atom. The molecule has 0 aliphatic carbocycles. The zero-order valence-electron chi connectivity index (χ0n) is 14.7. The molecule has 3 rings (SSSR count). The second-order valence-corrected chi connectivity index (χ2v) is 6.41. The first-order valence-electron chi connectivity index (χ1n) is 8.90. The minimum absolute atomic E-state index is 0.0205. The zero-order chi connectivity index (χ0) is 17.5. The molecule has 1 N–H and O–H groups in total. The number of benzene rings is 1. The van der Waals surface area contributed by atoms with Crippen molar-refractivity contribution in [1.29, 1.82) is 0 Å². The van der Waals surface area contributed by atoms with Crippen LogP contribution in [0.1, 0.15) is 25.0 Å². The summed E-state index contributed by atoms with van der Waals surface area (Å²) in [5.74, 6) is 0. The Kier molecular flexibility index (Phi) is 6.06. The van der Waals surface area contributed by atoms with Crippen molar-refractivity contribution in [3.05, 3.63) is 48.3 Å². The van der Waals surface area contributed by atoms with Gasteiger partial charge in [-0.2, -0.15) is 5.10 Å². The van der Waals surface area contributed by atoms with Gasteiger partial charge in [-0.3, -0.25) is 0 Å². The number of aromatic nitrogens is 2. The third kappa shape index (κ3) is 4.82. The fourth-order valence-electron chi connectivity index (χ4n) is 3.12. The van der Waals surface area contributed by atoms with E-state index in [9.17, 15) is 4.79 Å². The Morgan fingerprint density at radius 1 is 1.24 bits per heavy atom. The third-order valence-corrected chi connectivity index (χ3v) is 4.51. The summed E-state index contributed by atoms with van der Waals surface area (Å²) < 4.78 is 7.07. The van der Waals surface area contributed by atoms with Crippen molar-refractivity contribution < 1.29 is 9.53 Å². The number of para-hydroxylation sites is 1. The van der Waals surface area contributed by atoms with E-state index in [4.69, 9.17) is 4.74 Å². The number of ether oxygens (including phenoxy) is 1. The maximum absolute atomic E-state index is 12.4. The molecule has 6 heteroatoms. The number of nitrogens with zero attached hydrogens (tertiary/aromatic N) is 3. The van der Waals surface area contributed by atoms with Crippen LogP contribution in [-0.4, -0.2) is 53.6 Å². The number of amides is 2. The van der Waals surface area contributed by atoms with Crippen LogP contribution >= 0.6 is 0 Å². The molecule has 1 aliphatic rings. The predicted molar refractivity (Wildman–Crippen MR) is 96.9 cm³/mol. The molecular formula is C19H26N4O2. The molecule has 25 heavy (non-hydrogen) atoms. The Labute approximate surface area is 148 Å². The summed E-state index contributed by atoms with van der Waals surface area (Å²) in [6.07, 6.45) is 5.62. The highest BCUT2D eigenvalue weighted by Crippen LogP contribution is 2.11. The summed E-state index contributed by atoms with van der Waals surface area (Å²) in [5.41, 5.74) is 2.00. The summed E-state index contributed by atoms with van der Waals surface area (Å²) in [5, 5.41) is 7.79. The van der Waals surface area contributed by atoms with Crippen LogP contribution in [0, 0.1) is 0 Å². The van der Waals surface area contributed by atoms with E-state index < -0.39 is 0 Å². The molecule has 1 atom stereocenters. The minimum Gasteiger partial charge on any atom is -0.385 e. The molecule has 1 aromatic carbocycles. The van der Waals surface area contributed by atoms with Crippen molar-refractivity contribution in [2.24, 2.45) is 0 Å². The normalized spacial score (nSPS) is 15.3. The lowest BCUT2D eigenvalue weighted by molar-refractivity contribution is 0.175. The molecule has 0 radical (unpaired) electrons. The lowest BCUT2D eigenvalue weighted by Gasteiger charge is -2.22. The Morgan fingerprint density at radius 2 is 2.00 bits per heavy atom. The van der Waals surface area contributed by atoms with Crippen molar-refractivity contribution in [1.82, 2.24) is 20.0 Å². The number of hydrogen-bond acceptors (Lipinski definition) is 3. The van der Waals surface area contributed by atoms with Crippen molar-refractivity contribution in [2.75, 3.05) is 26.8 Å².